The molecule has 0 spiro atoms. The van der Waals surface area contributed by atoms with Crippen molar-refractivity contribution in [1.29, 1.82) is 0 Å². The molecule has 1 aromatic carbocycles. The topological polar surface area (TPSA) is 15.3 Å². The summed E-state index contributed by atoms with van der Waals surface area (Å²) in [7, 11) is 0. The minimum Gasteiger partial charge on any atom is -0.312 e. The quantitative estimate of drug-likeness (QED) is 0.826. The number of nitrogens with zero attached hydrogens (tertiary/aromatic N) is 1. The fraction of sp³-hybridized carbons (Fsp3) is 0.500. The monoisotopic (exact) mass is 226 g/mol. The van der Waals surface area contributed by atoms with Gasteiger partial charge in [-0.3, -0.25) is 4.90 Å². The number of benzene rings is 1. The average Bonchev–Trinajstić information content (AvgIpc) is 2.24. The molecule has 1 aliphatic rings. The van der Waals surface area contributed by atoms with Crippen molar-refractivity contribution in [2.24, 2.45) is 0 Å². The fourth-order valence-electron chi connectivity index (χ4n) is 2.05. The number of halogens is 2. The zero-order valence-corrected chi connectivity index (χ0v) is 9.34. The normalized spacial score (nSPS) is 22.3. The van der Waals surface area contributed by atoms with Crippen LogP contribution in [0.15, 0.2) is 18.2 Å². The van der Waals surface area contributed by atoms with Crippen LogP contribution in [0.25, 0.3) is 0 Å². The standard InChI is InChI=1S/C12H16F2N2/c1-9-7-16(5-4-15-9)8-10-2-3-11(13)12(14)6-10/h2-3,6,9,15H,4-5,7-8H2,1H3. The van der Waals surface area contributed by atoms with E-state index in [1.165, 1.54) is 12.1 Å². The minimum atomic E-state index is -0.780. The summed E-state index contributed by atoms with van der Waals surface area (Å²) in [6, 6.07) is 4.57. The maximum Gasteiger partial charge on any atom is 0.159 e. The lowest BCUT2D eigenvalue weighted by molar-refractivity contribution is 0.199. The van der Waals surface area contributed by atoms with E-state index in [9.17, 15) is 8.78 Å². The molecule has 1 unspecified atom stereocenters. The molecule has 1 aliphatic heterocycles. The molecule has 0 aromatic heterocycles. The number of nitrogens with one attached hydrogen (secondary N) is 1. The van der Waals surface area contributed by atoms with Crippen LogP contribution in [0.2, 0.25) is 0 Å². The van der Waals surface area contributed by atoms with Gasteiger partial charge in [0.25, 0.3) is 0 Å². The zero-order chi connectivity index (χ0) is 11.5. The van der Waals surface area contributed by atoms with E-state index in [4.69, 9.17) is 0 Å². The molecule has 2 rings (SSSR count). The van der Waals surface area contributed by atoms with Gasteiger partial charge in [-0.15, -0.1) is 0 Å². The molecule has 0 saturated carbocycles. The number of hydrogen-bond acceptors (Lipinski definition) is 2. The van der Waals surface area contributed by atoms with E-state index < -0.39 is 11.6 Å². The predicted octanol–water partition coefficient (Wildman–Crippen LogP) is 1.76. The zero-order valence-electron chi connectivity index (χ0n) is 9.34. The molecule has 0 amide bonds. The van der Waals surface area contributed by atoms with Crippen molar-refractivity contribution in [3.8, 4) is 0 Å². The first kappa shape index (κ1) is 11.5. The van der Waals surface area contributed by atoms with Crippen LogP contribution < -0.4 is 5.32 Å². The highest BCUT2D eigenvalue weighted by Gasteiger charge is 2.15. The first-order chi connectivity index (χ1) is 7.65. The highest BCUT2D eigenvalue weighted by atomic mass is 19.2. The van der Waals surface area contributed by atoms with Gasteiger partial charge in [-0.1, -0.05) is 6.07 Å². The molecular formula is C12H16F2N2. The van der Waals surface area contributed by atoms with Crippen LogP contribution in [0, 0.1) is 11.6 Å². The summed E-state index contributed by atoms with van der Waals surface area (Å²) >= 11 is 0. The van der Waals surface area contributed by atoms with Gasteiger partial charge >= 0.3 is 0 Å². The summed E-state index contributed by atoms with van der Waals surface area (Å²) in [5.41, 5.74) is 0.827. The predicted molar refractivity (Wildman–Crippen MR) is 59.1 cm³/mol. The summed E-state index contributed by atoms with van der Waals surface area (Å²) in [4.78, 5) is 2.24. The molecule has 1 atom stereocenters. The summed E-state index contributed by atoms with van der Waals surface area (Å²) in [5.74, 6) is -1.54. The Bertz CT molecular complexity index is 368. The van der Waals surface area contributed by atoms with Gasteiger partial charge in [0.05, 0.1) is 0 Å². The van der Waals surface area contributed by atoms with E-state index >= 15 is 0 Å². The Morgan fingerprint density at radius 1 is 1.38 bits per heavy atom. The molecule has 0 aliphatic carbocycles. The molecule has 1 heterocycles. The third kappa shape index (κ3) is 2.77. The Hall–Kier alpha value is -1.00. The molecule has 88 valence electrons. The van der Waals surface area contributed by atoms with Crippen LogP contribution in [-0.2, 0) is 6.54 Å². The van der Waals surface area contributed by atoms with Crippen molar-refractivity contribution in [2.75, 3.05) is 19.6 Å². The Labute approximate surface area is 94.3 Å². The lowest BCUT2D eigenvalue weighted by Crippen LogP contribution is -2.48. The van der Waals surface area contributed by atoms with Crippen molar-refractivity contribution in [3.63, 3.8) is 0 Å². The SMILES string of the molecule is CC1CN(Cc2ccc(F)c(F)c2)CCN1. The van der Waals surface area contributed by atoms with Crippen LogP contribution in [-0.4, -0.2) is 30.6 Å². The van der Waals surface area contributed by atoms with Gasteiger partial charge in [0.1, 0.15) is 0 Å². The first-order valence-corrected chi connectivity index (χ1v) is 5.55. The van der Waals surface area contributed by atoms with Gasteiger partial charge in [-0.2, -0.15) is 0 Å². The molecule has 1 aromatic rings. The third-order valence-electron chi connectivity index (χ3n) is 2.84. The van der Waals surface area contributed by atoms with E-state index in [-0.39, 0.29) is 0 Å². The third-order valence-corrected chi connectivity index (χ3v) is 2.84. The van der Waals surface area contributed by atoms with Crippen LogP contribution in [0.5, 0.6) is 0 Å². The Balaban J connectivity index is 2.00. The highest BCUT2D eigenvalue weighted by molar-refractivity contribution is 5.17. The van der Waals surface area contributed by atoms with Crippen molar-refractivity contribution in [3.05, 3.63) is 35.4 Å². The Morgan fingerprint density at radius 2 is 2.19 bits per heavy atom. The molecule has 16 heavy (non-hydrogen) atoms. The molecule has 0 radical (unpaired) electrons. The lowest BCUT2D eigenvalue weighted by Gasteiger charge is -2.31. The fourth-order valence-corrected chi connectivity index (χ4v) is 2.05. The van der Waals surface area contributed by atoms with Crippen molar-refractivity contribution in [2.45, 2.75) is 19.5 Å². The second-order valence-electron chi connectivity index (χ2n) is 4.34. The number of rotatable bonds is 2. The van der Waals surface area contributed by atoms with Crippen LogP contribution in [0.4, 0.5) is 8.78 Å². The van der Waals surface area contributed by atoms with E-state index in [1.807, 2.05) is 0 Å². The summed E-state index contributed by atoms with van der Waals surface area (Å²) in [6.45, 7) is 5.65. The van der Waals surface area contributed by atoms with Crippen molar-refractivity contribution in [1.82, 2.24) is 10.2 Å². The second-order valence-corrected chi connectivity index (χ2v) is 4.34. The van der Waals surface area contributed by atoms with Crippen molar-refractivity contribution < 1.29 is 8.78 Å². The lowest BCUT2D eigenvalue weighted by atomic mass is 10.1. The number of hydrogen-bond donors (Lipinski definition) is 1. The Kier molecular flexibility index (Phi) is 3.51. The summed E-state index contributed by atoms with van der Waals surface area (Å²) in [6.07, 6.45) is 0. The first-order valence-electron chi connectivity index (χ1n) is 5.55. The van der Waals surface area contributed by atoms with Gasteiger partial charge in [0.15, 0.2) is 11.6 Å². The van der Waals surface area contributed by atoms with Gasteiger partial charge in [-0.25, -0.2) is 8.78 Å². The van der Waals surface area contributed by atoms with Crippen LogP contribution in [0.3, 0.4) is 0 Å². The number of piperazine rings is 1. The van der Waals surface area contributed by atoms with Gasteiger partial charge in [-0.05, 0) is 24.6 Å². The van der Waals surface area contributed by atoms with Gasteiger partial charge in [0.2, 0.25) is 0 Å². The van der Waals surface area contributed by atoms with Gasteiger partial charge < -0.3 is 5.32 Å². The summed E-state index contributed by atoms with van der Waals surface area (Å²) < 4.78 is 25.7. The Morgan fingerprint density at radius 3 is 2.88 bits per heavy atom. The van der Waals surface area contributed by atoms with Gasteiger partial charge in [0, 0.05) is 32.2 Å². The molecule has 1 fully saturated rings. The second kappa shape index (κ2) is 4.89. The molecular weight excluding hydrogens is 210 g/mol. The molecule has 2 nitrogen and oxygen atoms in total. The van der Waals surface area contributed by atoms with E-state index in [0.717, 1.165) is 25.2 Å². The highest BCUT2D eigenvalue weighted by Crippen LogP contribution is 2.12. The molecule has 0 bridgehead atoms. The maximum absolute atomic E-state index is 13.0. The molecule has 1 N–H and O–H groups in total. The van der Waals surface area contributed by atoms with Crippen molar-refractivity contribution >= 4 is 0 Å². The largest absolute Gasteiger partial charge is 0.312 e. The summed E-state index contributed by atoms with van der Waals surface area (Å²) in [5, 5.41) is 3.34. The molecule has 1 saturated heterocycles. The maximum atomic E-state index is 13.0. The van der Waals surface area contributed by atoms with E-state index in [2.05, 4.69) is 17.1 Å². The van der Waals surface area contributed by atoms with E-state index in [0.29, 0.717) is 12.6 Å². The smallest absolute Gasteiger partial charge is 0.159 e. The van der Waals surface area contributed by atoms with Crippen LogP contribution >= 0.6 is 0 Å². The molecule has 4 heteroatoms. The van der Waals surface area contributed by atoms with E-state index in [1.54, 1.807) is 6.07 Å². The minimum absolute atomic E-state index is 0.457. The van der Waals surface area contributed by atoms with Crippen LogP contribution in [0.1, 0.15) is 12.5 Å². The average molecular weight is 226 g/mol.